The summed E-state index contributed by atoms with van der Waals surface area (Å²) in [7, 11) is 0. The van der Waals surface area contributed by atoms with Gasteiger partial charge in [0.25, 0.3) is 5.91 Å². The van der Waals surface area contributed by atoms with Gasteiger partial charge in [0.05, 0.1) is 22.9 Å². The highest BCUT2D eigenvalue weighted by atomic mass is 35.5. The van der Waals surface area contributed by atoms with Crippen LogP contribution in [0.4, 0.5) is 5.13 Å². The van der Waals surface area contributed by atoms with E-state index >= 15 is 0 Å². The Morgan fingerprint density at radius 1 is 1.16 bits per heavy atom. The van der Waals surface area contributed by atoms with E-state index in [0.717, 1.165) is 49.5 Å². The summed E-state index contributed by atoms with van der Waals surface area (Å²) in [5.41, 5.74) is 1.27. The minimum atomic E-state index is -0.115. The zero-order chi connectivity index (χ0) is 21.2. The van der Waals surface area contributed by atoms with Gasteiger partial charge < -0.3 is 14.2 Å². The van der Waals surface area contributed by atoms with E-state index in [1.807, 2.05) is 18.2 Å². The molecule has 1 fully saturated rings. The fourth-order valence-electron chi connectivity index (χ4n) is 3.77. The maximum atomic E-state index is 13.5. The fraction of sp³-hybridized carbons (Fsp3) is 0.364. The fourth-order valence-corrected chi connectivity index (χ4v) is 5.06. The molecule has 0 spiro atoms. The summed E-state index contributed by atoms with van der Waals surface area (Å²) in [6, 6.07) is 11.0. The van der Waals surface area contributed by atoms with Crippen LogP contribution in [0.15, 0.2) is 36.4 Å². The van der Waals surface area contributed by atoms with E-state index < -0.39 is 0 Å². The first-order valence-corrected chi connectivity index (χ1v) is 11.5. The molecule has 0 N–H and O–H groups in total. The Labute approximate surface area is 201 Å². The topological polar surface area (TPSA) is 64.1 Å². The molecule has 1 aromatic heterocycles. The number of morpholine rings is 1. The lowest BCUT2D eigenvalue weighted by atomic mass is 10.1. The van der Waals surface area contributed by atoms with E-state index in [1.165, 1.54) is 11.3 Å². The third-order valence-electron chi connectivity index (χ3n) is 5.41. The Bertz CT molecular complexity index is 1100. The number of ether oxygens (including phenoxy) is 3. The number of rotatable bonds is 6. The third-order valence-corrected chi connectivity index (χ3v) is 6.76. The number of amides is 1. The molecular formula is C22H23Cl2N3O4S. The summed E-state index contributed by atoms with van der Waals surface area (Å²) in [5.74, 6) is 1.13. The third kappa shape index (κ3) is 4.79. The maximum Gasteiger partial charge on any atom is 0.260 e. The summed E-state index contributed by atoms with van der Waals surface area (Å²) < 4.78 is 17.2. The van der Waals surface area contributed by atoms with Gasteiger partial charge in [0.1, 0.15) is 5.52 Å². The summed E-state index contributed by atoms with van der Waals surface area (Å²) in [6.07, 6.45) is 0.833. The second-order valence-corrected chi connectivity index (χ2v) is 8.83. The van der Waals surface area contributed by atoms with Gasteiger partial charge in [-0.05, 0) is 36.8 Å². The zero-order valence-corrected chi connectivity index (χ0v) is 19.7. The van der Waals surface area contributed by atoms with E-state index in [0.29, 0.717) is 33.8 Å². The minimum Gasteiger partial charge on any atom is -0.454 e. The molecular weight excluding hydrogens is 473 g/mol. The molecule has 1 saturated heterocycles. The number of hydrogen-bond acceptors (Lipinski definition) is 7. The van der Waals surface area contributed by atoms with Crippen LogP contribution in [0.1, 0.15) is 16.8 Å². The normalized spacial score (nSPS) is 15.5. The molecule has 0 unspecified atom stereocenters. The molecule has 0 saturated carbocycles. The van der Waals surface area contributed by atoms with Crippen molar-refractivity contribution in [2.45, 2.75) is 6.42 Å². The first-order valence-electron chi connectivity index (χ1n) is 10.3. The average molecular weight is 496 g/mol. The van der Waals surface area contributed by atoms with Crippen LogP contribution in [0.25, 0.3) is 10.2 Å². The van der Waals surface area contributed by atoms with Gasteiger partial charge in [-0.2, -0.15) is 0 Å². The lowest BCUT2D eigenvalue weighted by Gasteiger charge is -2.27. The van der Waals surface area contributed by atoms with Gasteiger partial charge in [0, 0.05) is 31.7 Å². The average Bonchev–Trinajstić information content (AvgIpc) is 3.44. The van der Waals surface area contributed by atoms with Crippen LogP contribution in [-0.2, 0) is 4.74 Å². The van der Waals surface area contributed by atoms with Gasteiger partial charge >= 0.3 is 0 Å². The molecule has 5 rings (SSSR count). The van der Waals surface area contributed by atoms with E-state index in [2.05, 4.69) is 4.90 Å². The lowest BCUT2D eigenvalue weighted by Crippen LogP contribution is -2.39. The monoisotopic (exact) mass is 495 g/mol. The van der Waals surface area contributed by atoms with Gasteiger partial charge in [-0.15, -0.1) is 12.4 Å². The molecule has 2 aliphatic rings. The van der Waals surface area contributed by atoms with Crippen molar-refractivity contribution in [3.05, 3.63) is 47.0 Å². The quantitative estimate of drug-likeness (QED) is 0.502. The smallest absolute Gasteiger partial charge is 0.260 e. The number of aromatic nitrogens is 1. The standard InChI is InChI=1S/C22H22ClN3O4S.ClH/c23-16-3-1-4-19-20(16)24-22(31-19)26(8-2-7-25-9-11-28-12-10-25)21(27)15-5-6-17-18(13-15)30-14-29-17;/h1,3-6,13H,2,7-12,14H2;1H. The number of anilines is 1. The van der Waals surface area contributed by atoms with Crippen LogP contribution in [0, 0.1) is 0 Å². The Morgan fingerprint density at radius 3 is 2.78 bits per heavy atom. The Morgan fingerprint density at radius 2 is 1.97 bits per heavy atom. The van der Waals surface area contributed by atoms with Crippen molar-refractivity contribution in [2.24, 2.45) is 0 Å². The molecule has 0 radical (unpaired) electrons. The van der Waals surface area contributed by atoms with E-state index in [-0.39, 0.29) is 25.1 Å². The number of thiazole rings is 1. The predicted molar refractivity (Wildman–Crippen MR) is 128 cm³/mol. The molecule has 170 valence electrons. The molecule has 10 heteroatoms. The zero-order valence-electron chi connectivity index (χ0n) is 17.3. The number of carbonyl (C=O) groups excluding carboxylic acids is 1. The predicted octanol–water partition coefficient (Wildman–Crippen LogP) is 4.47. The largest absolute Gasteiger partial charge is 0.454 e. The van der Waals surface area contributed by atoms with Crippen molar-refractivity contribution in [3.63, 3.8) is 0 Å². The minimum absolute atomic E-state index is 0. The number of benzene rings is 2. The van der Waals surface area contributed by atoms with Crippen molar-refractivity contribution in [1.29, 1.82) is 0 Å². The van der Waals surface area contributed by atoms with Crippen molar-refractivity contribution in [1.82, 2.24) is 9.88 Å². The molecule has 3 heterocycles. The lowest BCUT2D eigenvalue weighted by molar-refractivity contribution is 0.0376. The van der Waals surface area contributed by atoms with Crippen molar-refractivity contribution < 1.29 is 19.0 Å². The molecule has 32 heavy (non-hydrogen) atoms. The first kappa shape index (κ1) is 23.1. The molecule has 1 amide bonds. The molecule has 7 nitrogen and oxygen atoms in total. The molecule has 0 atom stereocenters. The van der Waals surface area contributed by atoms with Crippen LogP contribution < -0.4 is 14.4 Å². The van der Waals surface area contributed by atoms with Crippen LogP contribution in [0.2, 0.25) is 5.02 Å². The molecule has 2 aromatic carbocycles. The highest BCUT2D eigenvalue weighted by molar-refractivity contribution is 7.22. The van der Waals surface area contributed by atoms with Crippen LogP contribution in [0.3, 0.4) is 0 Å². The number of hydrogen-bond donors (Lipinski definition) is 0. The van der Waals surface area contributed by atoms with E-state index in [1.54, 1.807) is 23.1 Å². The van der Waals surface area contributed by atoms with Crippen LogP contribution >= 0.6 is 35.3 Å². The highest BCUT2D eigenvalue weighted by Gasteiger charge is 2.24. The summed E-state index contributed by atoms with van der Waals surface area (Å²) >= 11 is 7.81. The Hall–Kier alpha value is -2.10. The van der Waals surface area contributed by atoms with Gasteiger partial charge in [-0.3, -0.25) is 14.6 Å². The van der Waals surface area contributed by atoms with Gasteiger partial charge in [0.2, 0.25) is 6.79 Å². The number of halogens is 2. The van der Waals surface area contributed by atoms with Crippen LogP contribution in [0.5, 0.6) is 11.5 Å². The Kier molecular flexibility index (Phi) is 7.37. The van der Waals surface area contributed by atoms with Gasteiger partial charge in [-0.25, -0.2) is 4.98 Å². The van der Waals surface area contributed by atoms with Crippen molar-refractivity contribution in [2.75, 3.05) is 51.1 Å². The van der Waals surface area contributed by atoms with Crippen LogP contribution in [-0.4, -0.2) is 62.0 Å². The van der Waals surface area contributed by atoms with E-state index in [9.17, 15) is 4.79 Å². The number of carbonyl (C=O) groups is 1. The summed E-state index contributed by atoms with van der Waals surface area (Å²) in [5, 5.41) is 1.23. The number of para-hydroxylation sites is 1. The highest BCUT2D eigenvalue weighted by Crippen LogP contribution is 2.36. The Balaban J connectivity index is 0.00000245. The van der Waals surface area contributed by atoms with E-state index in [4.69, 9.17) is 30.8 Å². The SMILES string of the molecule is Cl.O=C(c1ccc2c(c1)OCO2)N(CCCN1CCOCC1)c1nc2c(Cl)cccc2s1. The van der Waals surface area contributed by atoms with Crippen molar-refractivity contribution in [3.8, 4) is 11.5 Å². The molecule has 3 aromatic rings. The first-order chi connectivity index (χ1) is 15.2. The molecule has 2 aliphatic heterocycles. The molecule has 0 bridgehead atoms. The maximum absolute atomic E-state index is 13.5. The van der Waals surface area contributed by atoms with Gasteiger partial charge in [0.15, 0.2) is 16.6 Å². The second kappa shape index (κ2) is 10.2. The summed E-state index contributed by atoms with van der Waals surface area (Å²) in [6.45, 7) is 5.00. The number of fused-ring (bicyclic) bond motifs is 2. The number of nitrogens with zero attached hydrogens (tertiary/aromatic N) is 3. The second-order valence-electron chi connectivity index (χ2n) is 7.42. The van der Waals surface area contributed by atoms with Crippen molar-refractivity contribution >= 4 is 56.6 Å². The van der Waals surface area contributed by atoms with Gasteiger partial charge in [-0.1, -0.05) is 29.0 Å². The summed E-state index contributed by atoms with van der Waals surface area (Å²) in [4.78, 5) is 22.3. The molecule has 0 aliphatic carbocycles.